The number of hydrogen-bond acceptors (Lipinski definition) is 5. The van der Waals surface area contributed by atoms with Crippen molar-refractivity contribution < 1.29 is 14.3 Å². The van der Waals surface area contributed by atoms with E-state index in [0.29, 0.717) is 5.69 Å². The Labute approximate surface area is 161 Å². The third kappa shape index (κ3) is 5.38. The first kappa shape index (κ1) is 19.0. The first-order valence-corrected chi connectivity index (χ1v) is 8.71. The van der Waals surface area contributed by atoms with Crippen molar-refractivity contribution in [3.05, 3.63) is 88.7 Å². The van der Waals surface area contributed by atoms with Crippen LogP contribution in [0, 0.1) is 0 Å². The van der Waals surface area contributed by atoms with Crippen LogP contribution in [0.4, 0.5) is 0 Å². The summed E-state index contributed by atoms with van der Waals surface area (Å²) < 4.78 is 6.15. The standard InChI is InChI=1S/C21H19N3O4/c25-19(22-13-21(27)28-15-16-7-3-1-4-8-16)14-24-20(26)12-11-18(23-24)17-9-5-2-6-10-17/h1-12H,13-15H2,(H,22,25). The molecule has 0 saturated carbocycles. The van der Waals surface area contributed by atoms with Gasteiger partial charge in [-0.25, -0.2) is 4.68 Å². The van der Waals surface area contributed by atoms with E-state index in [1.165, 1.54) is 6.07 Å². The molecule has 0 aliphatic carbocycles. The van der Waals surface area contributed by atoms with Gasteiger partial charge in [-0.05, 0) is 11.6 Å². The fourth-order valence-electron chi connectivity index (χ4n) is 2.48. The minimum atomic E-state index is -0.560. The Hall–Kier alpha value is -3.74. The molecule has 0 aliphatic rings. The van der Waals surface area contributed by atoms with Crippen LogP contribution in [0.5, 0.6) is 0 Å². The maximum atomic E-state index is 12.1. The summed E-state index contributed by atoms with van der Waals surface area (Å²) in [4.78, 5) is 35.8. The van der Waals surface area contributed by atoms with E-state index in [9.17, 15) is 14.4 Å². The average Bonchev–Trinajstić information content (AvgIpc) is 2.74. The largest absolute Gasteiger partial charge is 0.460 e. The second kappa shape index (κ2) is 9.27. The summed E-state index contributed by atoms with van der Waals surface area (Å²) in [5.41, 5.74) is 1.87. The summed E-state index contributed by atoms with van der Waals surface area (Å²) in [6, 6.07) is 21.5. The number of amides is 1. The van der Waals surface area contributed by atoms with Crippen LogP contribution in [0.15, 0.2) is 77.6 Å². The molecule has 0 radical (unpaired) electrons. The first-order chi connectivity index (χ1) is 13.6. The number of ether oxygens (including phenoxy) is 1. The summed E-state index contributed by atoms with van der Waals surface area (Å²) >= 11 is 0. The Bertz CT molecular complexity index is 1000. The van der Waals surface area contributed by atoms with Gasteiger partial charge in [0.05, 0.1) is 5.69 Å². The fraction of sp³-hybridized carbons (Fsp3) is 0.143. The van der Waals surface area contributed by atoms with Crippen LogP contribution in [0.3, 0.4) is 0 Å². The molecule has 0 atom stereocenters. The van der Waals surface area contributed by atoms with E-state index < -0.39 is 17.4 Å². The third-order valence-electron chi connectivity index (χ3n) is 3.90. The molecule has 1 aromatic heterocycles. The van der Waals surface area contributed by atoms with Crippen LogP contribution in [0.25, 0.3) is 11.3 Å². The molecule has 142 valence electrons. The zero-order chi connectivity index (χ0) is 19.8. The maximum absolute atomic E-state index is 12.1. The molecule has 0 saturated heterocycles. The third-order valence-corrected chi connectivity index (χ3v) is 3.90. The molecule has 28 heavy (non-hydrogen) atoms. The smallest absolute Gasteiger partial charge is 0.325 e. The molecule has 7 nitrogen and oxygen atoms in total. The van der Waals surface area contributed by atoms with Crippen molar-refractivity contribution in [3.8, 4) is 11.3 Å². The normalized spacial score (nSPS) is 10.3. The zero-order valence-electron chi connectivity index (χ0n) is 15.1. The van der Waals surface area contributed by atoms with Gasteiger partial charge in [0.25, 0.3) is 5.56 Å². The van der Waals surface area contributed by atoms with E-state index >= 15 is 0 Å². The van der Waals surface area contributed by atoms with Crippen LogP contribution in [-0.4, -0.2) is 28.2 Å². The molecular formula is C21H19N3O4. The highest BCUT2D eigenvalue weighted by molar-refractivity contribution is 5.81. The Balaban J connectivity index is 1.53. The molecule has 1 amide bonds. The molecular weight excluding hydrogens is 358 g/mol. The minimum absolute atomic E-state index is 0.135. The molecule has 3 aromatic rings. The van der Waals surface area contributed by atoms with Crippen LogP contribution in [0.1, 0.15) is 5.56 Å². The molecule has 0 fully saturated rings. The van der Waals surface area contributed by atoms with Gasteiger partial charge in [0.15, 0.2) is 0 Å². The Morgan fingerprint density at radius 3 is 2.32 bits per heavy atom. The van der Waals surface area contributed by atoms with Gasteiger partial charge in [-0.1, -0.05) is 60.7 Å². The minimum Gasteiger partial charge on any atom is -0.460 e. The number of hydrogen-bond donors (Lipinski definition) is 1. The van der Waals surface area contributed by atoms with Gasteiger partial charge in [-0.3, -0.25) is 14.4 Å². The molecule has 0 aliphatic heterocycles. The van der Waals surface area contributed by atoms with Crippen molar-refractivity contribution in [3.63, 3.8) is 0 Å². The Morgan fingerprint density at radius 2 is 1.61 bits per heavy atom. The van der Waals surface area contributed by atoms with Gasteiger partial charge in [0, 0.05) is 11.6 Å². The first-order valence-electron chi connectivity index (χ1n) is 8.71. The van der Waals surface area contributed by atoms with Crippen molar-refractivity contribution in [1.82, 2.24) is 15.1 Å². The predicted octanol–water partition coefficient (Wildman–Crippen LogP) is 1.77. The zero-order valence-corrected chi connectivity index (χ0v) is 15.1. The van der Waals surface area contributed by atoms with Crippen molar-refractivity contribution >= 4 is 11.9 Å². The van der Waals surface area contributed by atoms with E-state index in [1.807, 2.05) is 60.7 Å². The predicted molar refractivity (Wildman–Crippen MR) is 103 cm³/mol. The van der Waals surface area contributed by atoms with Crippen LogP contribution < -0.4 is 10.9 Å². The maximum Gasteiger partial charge on any atom is 0.325 e. The van der Waals surface area contributed by atoms with Gasteiger partial charge in [0.2, 0.25) is 5.91 Å². The van der Waals surface area contributed by atoms with E-state index in [4.69, 9.17) is 4.74 Å². The van der Waals surface area contributed by atoms with Crippen molar-refractivity contribution in [2.75, 3.05) is 6.54 Å². The molecule has 1 N–H and O–H groups in total. The lowest BCUT2D eigenvalue weighted by Gasteiger charge is -2.09. The Kier molecular flexibility index (Phi) is 6.30. The summed E-state index contributed by atoms with van der Waals surface area (Å²) in [6.45, 7) is -0.431. The molecule has 2 aromatic carbocycles. The number of carbonyl (C=O) groups excluding carboxylic acids is 2. The SMILES string of the molecule is O=C(Cn1nc(-c2ccccc2)ccc1=O)NCC(=O)OCc1ccccc1. The summed E-state index contributed by atoms with van der Waals surface area (Å²) in [7, 11) is 0. The summed E-state index contributed by atoms with van der Waals surface area (Å²) in [5, 5.41) is 6.65. The van der Waals surface area contributed by atoms with Gasteiger partial charge in [-0.15, -0.1) is 0 Å². The lowest BCUT2D eigenvalue weighted by atomic mass is 10.1. The highest BCUT2D eigenvalue weighted by Crippen LogP contribution is 2.13. The number of esters is 1. The van der Waals surface area contributed by atoms with Crippen molar-refractivity contribution in [1.29, 1.82) is 0 Å². The van der Waals surface area contributed by atoms with E-state index in [0.717, 1.165) is 15.8 Å². The van der Waals surface area contributed by atoms with E-state index in [1.54, 1.807) is 6.07 Å². The second-order valence-corrected chi connectivity index (χ2v) is 6.00. The number of nitrogens with one attached hydrogen (secondary N) is 1. The van der Waals surface area contributed by atoms with E-state index in [-0.39, 0.29) is 19.7 Å². The second-order valence-electron chi connectivity index (χ2n) is 6.00. The molecule has 0 spiro atoms. The molecule has 7 heteroatoms. The number of nitrogens with zero attached hydrogens (tertiary/aromatic N) is 2. The lowest BCUT2D eigenvalue weighted by molar-refractivity contribution is -0.145. The van der Waals surface area contributed by atoms with Gasteiger partial charge < -0.3 is 10.1 Å². The topological polar surface area (TPSA) is 90.3 Å². The highest BCUT2D eigenvalue weighted by Gasteiger charge is 2.10. The van der Waals surface area contributed by atoms with Crippen molar-refractivity contribution in [2.24, 2.45) is 0 Å². The number of benzene rings is 2. The summed E-state index contributed by atoms with van der Waals surface area (Å²) in [5.74, 6) is -1.06. The van der Waals surface area contributed by atoms with Crippen LogP contribution in [0.2, 0.25) is 0 Å². The summed E-state index contributed by atoms with van der Waals surface area (Å²) in [6.07, 6.45) is 0. The quantitative estimate of drug-likeness (QED) is 0.634. The van der Waals surface area contributed by atoms with E-state index in [2.05, 4.69) is 10.4 Å². The number of rotatable bonds is 7. The molecule has 1 heterocycles. The number of carbonyl (C=O) groups is 2. The van der Waals surface area contributed by atoms with Gasteiger partial charge in [0.1, 0.15) is 19.7 Å². The van der Waals surface area contributed by atoms with Crippen LogP contribution >= 0.6 is 0 Å². The fourth-order valence-corrected chi connectivity index (χ4v) is 2.48. The highest BCUT2D eigenvalue weighted by atomic mass is 16.5. The molecule has 0 bridgehead atoms. The van der Waals surface area contributed by atoms with Crippen molar-refractivity contribution in [2.45, 2.75) is 13.2 Å². The molecule has 3 rings (SSSR count). The number of aromatic nitrogens is 2. The molecule has 0 unspecified atom stereocenters. The van der Waals surface area contributed by atoms with Gasteiger partial charge >= 0.3 is 5.97 Å². The van der Waals surface area contributed by atoms with Crippen LogP contribution in [-0.2, 0) is 27.5 Å². The Morgan fingerprint density at radius 1 is 0.929 bits per heavy atom. The monoisotopic (exact) mass is 377 g/mol. The lowest BCUT2D eigenvalue weighted by Crippen LogP contribution is -2.36. The average molecular weight is 377 g/mol. The van der Waals surface area contributed by atoms with Gasteiger partial charge in [-0.2, -0.15) is 5.10 Å².